The molecule has 3 aliphatic rings. The summed E-state index contributed by atoms with van der Waals surface area (Å²) in [7, 11) is 2.06. The van der Waals surface area contributed by atoms with Gasteiger partial charge in [-0.2, -0.15) is 10.2 Å². The van der Waals surface area contributed by atoms with Crippen molar-refractivity contribution < 1.29 is 18.4 Å². The van der Waals surface area contributed by atoms with Crippen LogP contribution in [0.4, 0.5) is 14.5 Å². The van der Waals surface area contributed by atoms with Crippen LogP contribution in [-0.4, -0.2) is 61.7 Å². The number of carbonyl (C=O) groups is 2. The Labute approximate surface area is 237 Å². The zero-order valence-electron chi connectivity index (χ0n) is 23.7. The van der Waals surface area contributed by atoms with Crippen LogP contribution in [0.3, 0.4) is 0 Å². The Morgan fingerprint density at radius 1 is 1.24 bits per heavy atom. The molecule has 3 fully saturated rings. The first-order chi connectivity index (χ1) is 19.7. The highest BCUT2D eigenvalue weighted by Crippen LogP contribution is 2.42. The van der Waals surface area contributed by atoms with E-state index in [0.717, 1.165) is 37.1 Å². The highest BCUT2D eigenvalue weighted by Gasteiger charge is 2.40. The minimum absolute atomic E-state index is 0.0627. The Kier molecular flexibility index (Phi) is 7.41. The third-order valence-electron chi connectivity index (χ3n) is 8.92. The van der Waals surface area contributed by atoms with E-state index in [-0.39, 0.29) is 49.3 Å². The van der Waals surface area contributed by atoms with Gasteiger partial charge >= 0.3 is 0 Å². The Bertz CT molecular complexity index is 1420. The van der Waals surface area contributed by atoms with E-state index < -0.39 is 12.0 Å². The summed E-state index contributed by atoms with van der Waals surface area (Å²) in [5.74, 6) is -3.26. The van der Waals surface area contributed by atoms with Crippen LogP contribution in [0.25, 0.3) is 5.65 Å². The predicted molar refractivity (Wildman–Crippen MR) is 149 cm³/mol. The Morgan fingerprint density at radius 3 is 2.73 bits per heavy atom. The van der Waals surface area contributed by atoms with Crippen molar-refractivity contribution in [2.45, 2.75) is 89.3 Å². The molecule has 2 N–H and O–H groups in total. The van der Waals surface area contributed by atoms with E-state index in [1.807, 2.05) is 13.0 Å². The number of alkyl halides is 2. The van der Waals surface area contributed by atoms with Gasteiger partial charge in [-0.1, -0.05) is 0 Å². The van der Waals surface area contributed by atoms with Gasteiger partial charge in [0.05, 0.1) is 29.3 Å². The monoisotopic (exact) mass is 568 g/mol. The summed E-state index contributed by atoms with van der Waals surface area (Å²) >= 11 is 0. The lowest BCUT2D eigenvalue weighted by atomic mass is 9.81. The standard InChI is InChI=1S/C29H38F2N8O2/c1-3-38-23(10-14-33-38)28(41)35-26(18-8-11-29(30,31)12-9-18)22-17-39-25(34-22)16-24(37(2)20-6-7-20)21(36-39)15-19-5-4-13-32-27(19)40/h10,14,16-20,26H,3-9,11-13,15H2,1-2H3,(H,32,40)(H,35,41). The average Bonchev–Trinajstić information content (AvgIpc) is 3.55. The van der Waals surface area contributed by atoms with E-state index in [1.165, 1.54) is 0 Å². The van der Waals surface area contributed by atoms with Crippen LogP contribution in [0, 0.1) is 11.8 Å². The van der Waals surface area contributed by atoms with Gasteiger partial charge in [0.25, 0.3) is 5.91 Å². The Morgan fingerprint density at radius 2 is 2.02 bits per heavy atom. The number of hydrogen-bond acceptors (Lipinski definition) is 6. The molecule has 2 unspecified atom stereocenters. The maximum absolute atomic E-state index is 14.1. The zero-order chi connectivity index (χ0) is 28.7. The number of halogens is 2. The van der Waals surface area contributed by atoms with E-state index in [2.05, 4.69) is 27.7 Å². The molecule has 4 heterocycles. The van der Waals surface area contributed by atoms with Crippen molar-refractivity contribution in [2.24, 2.45) is 11.8 Å². The topological polar surface area (TPSA) is 109 Å². The lowest BCUT2D eigenvalue weighted by molar-refractivity contribution is -0.126. The first-order valence-electron chi connectivity index (χ1n) is 14.8. The molecule has 0 bridgehead atoms. The van der Waals surface area contributed by atoms with Gasteiger partial charge in [-0.05, 0) is 57.4 Å². The lowest BCUT2D eigenvalue weighted by Crippen LogP contribution is -2.38. The van der Waals surface area contributed by atoms with Gasteiger partial charge in [-0.3, -0.25) is 14.3 Å². The molecule has 2 aliphatic carbocycles. The fourth-order valence-corrected chi connectivity index (χ4v) is 6.31. The van der Waals surface area contributed by atoms with Crippen molar-refractivity contribution >= 4 is 23.1 Å². The van der Waals surface area contributed by atoms with E-state index in [4.69, 9.17) is 10.1 Å². The molecule has 41 heavy (non-hydrogen) atoms. The van der Waals surface area contributed by atoms with Gasteiger partial charge in [-0.25, -0.2) is 18.3 Å². The lowest BCUT2D eigenvalue weighted by Gasteiger charge is -2.33. The molecule has 0 radical (unpaired) electrons. The van der Waals surface area contributed by atoms with Crippen molar-refractivity contribution in [3.8, 4) is 0 Å². The fourth-order valence-electron chi connectivity index (χ4n) is 6.31. The van der Waals surface area contributed by atoms with Crippen LogP contribution in [0.1, 0.15) is 86.2 Å². The minimum atomic E-state index is -2.69. The largest absolute Gasteiger partial charge is 0.370 e. The predicted octanol–water partition coefficient (Wildman–Crippen LogP) is 3.91. The van der Waals surface area contributed by atoms with Crippen LogP contribution in [0.2, 0.25) is 0 Å². The quantitative estimate of drug-likeness (QED) is 0.405. The maximum atomic E-state index is 14.1. The molecule has 6 rings (SSSR count). The first kappa shape index (κ1) is 27.6. The van der Waals surface area contributed by atoms with Gasteiger partial charge in [-0.15, -0.1) is 0 Å². The summed E-state index contributed by atoms with van der Waals surface area (Å²) in [5.41, 5.74) is 3.43. The molecule has 3 aromatic rings. The highest BCUT2D eigenvalue weighted by molar-refractivity contribution is 5.92. The SMILES string of the molecule is CCn1nccc1C(=O)NC(c1cn2nc(CC3CCCNC3=O)c(N(C)C3CC3)cc2n1)C1CCC(F)(F)CC1. The minimum Gasteiger partial charge on any atom is -0.370 e. The van der Waals surface area contributed by atoms with Crippen LogP contribution in [0.15, 0.2) is 24.5 Å². The molecule has 0 aromatic carbocycles. The van der Waals surface area contributed by atoms with Crippen LogP contribution in [-0.2, 0) is 17.8 Å². The number of aryl methyl sites for hydroxylation is 1. The third-order valence-corrected chi connectivity index (χ3v) is 8.92. The molecule has 0 spiro atoms. The number of piperidine rings is 1. The number of rotatable bonds is 9. The number of carbonyl (C=O) groups excluding carboxylic acids is 2. The second-order valence-electron chi connectivity index (χ2n) is 11.8. The second-order valence-corrected chi connectivity index (χ2v) is 11.8. The molecule has 2 saturated carbocycles. The molecular weight excluding hydrogens is 530 g/mol. The highest BCUT2D eigenvalue weighted by atomic mass is 19.3. The number of anilines is 1. The average molecular weight is 569 g/mol. The molecule has 1 saturated heterocycles. The summed E-state index contributed by atoms with van der Waals surface area (Å²) < 4.78 is 31.5. The fraction of sp³-hybridized carbons (Fsp3) is 0.621. The van der Waals surface area contributed by atoms with E-state index in [1.54, 1.807) is 27.7 Å². The molecule has 3 aromatic heterocycles. The number of fused-ring (bicyclic) bond motifs is 1. The van der Waals surface area contributed by atoms with Crippen LogP contribution in [0.5, 0.6) is 0 Å². The Balaban J connectivity index is 1.35. The zero-order valence-corrected chi connectivity index (χ0v) is 23.7. The van der Waals surface area contributed by atoms with E-state index >= 15 is 0 Å². The van der Waals surface area contributed by atoms with Crippen molar-refractivity contribution in [2.75, 3.05) is 18.5 Å². The van der Waals surface area contributed by atoms with Crippen molar-refractivity contribution in [3.63, 3.8) is 0 Å². The van der Waals surface area contributed by atoms with Crippen LogP contribution < -0.4 is 15.5 Å². The van der Waals surface area contributed by atoms with E-state index in [9.17, 15) is 18.4 Å². The first-order valence-corrected chi connectivity index (χ1v) is 14.8. The number of hydrogen-bond donors (Lipinski definition) is 2. The summed E-state index contributed by atoms with van der Waals surface area (Å²) in [6, 6.07) is 3.54. The van der Waals surface area contributed by atoms with Crippen molar-refractivity contribution in [1.82, 2.24) is 35.0 Å². The maximum Gasteiger partial charge on any atom is 0.270 e. The summed E-state index contributed by atoms with van der Waals surface area (Å²) in [6.45, 7) is 3.15. The number of amides is 2. The Hall–Kier alpha value is -3.57. The molecule has 2 amide bonds. The second kappa shape index (κ2) is 11.0. The summed E-state index contributed by atoms with van der Waals surface area (Å²) in [6.07, 6.45) is 8.03. The third kappa shape index (κ3) is 5.78. The number of nitrogens with zero attached hydrogens (tertiary/aromatic N) is 6. The van der Waals surface area contributed by atoms with Gasteiger partial charge in [0, 0.05) is 63.6 Å². The number of aromatic nitrogens is 5. The molecular formula is C29H38F2N8O2. The smallest absolute Gasteiger partial charge is 0.270 e. The summed E-state index contributed by atoms with van der Waals surface area (Å²) in [5, 5.41) is 15.2. The van der Waals surface area contributed by atoms with Gasteiger partial charge < -0.3 is 15.5 Å². The van der Waals surface area contributed by atoms with Crippen molar-refractivity contribution in [1.29, 1.82) is 0 Å². The molecule has 1 aliphatic heterocycles. The molecule has 10 nitrogen and oxygen atoms in total. The molecule has 220 valence electrons. The van der Waals surface area contributed by atoms with Gasteiger partial charge in [0.15, 0.2) is 5.65 Å². The van der Waals surface area contributed by atoms with E-state index in [0.29, 0.717) is 42.6 Å². The normalized spacial score (nSPS) is 22.0. The summed E-state index contributed by atoms with van der Waals surface area (Å²) in [4.78, 5) is 33.1. The molecule has 2 atom stereocenters. The molecule has 12 heteroatoms. The van der Waals surface area contributed by atoms with Gasteiger partial charge in [0.2, 0.25) is 11.8 Å². The van der Waals surface area contributed by atoms with Gasteiger partial charge in [0.1, 0.15) is 5.69 Å². The number of imidazole rings is 1. The van der Waals surface area contributed by atoms with Crippen molar-refractivity contribution in [3.05, 3.63) is 41.6 Å². The van der Waals surface area contributed by atoms with Crippen LogP contribution >= 0.6 is 0 Å². The number of nitrogens with one attached hydrogen (secondary N) is 2.